The fourth-order valence-corrected chi connectivity index (χ4v) is 3.08. The van der Waals surface area contributed by atoms with E-state index in [2.05, 4.69) is 5.32 Å². The highest BCUT2D eigenvalue weighted by atomic mass is 32.2. The van der Waals surface area contributed by atoms with Gasteiger partial charge < -0.3 is 5.32 Å². The highest BCUT2D eigenvalue weighted by Crippen LogP contribution is 2.26. The maximum absolute atomic E-state index is 12.1. The monoisotopic (exact) mass is 313 g/mol. The minimum Gasteiger partial charge on any atom is -0.344 e. The van der Waals surface area contributed by atoms with Gasteiger partial charge in [0.25, 0.3) is 0 Å². The molecule has 1 amide bonds. The van der Waals surface area contributed by atoms with Crippen molar-refractivity contribution in [2.75, 3.05) is 6.26 Å². The SMILES string of the molecule is CCCC(=O)C1C(=O)CC(C(=O)NC(CC)SC)CC1=O. The molecule has 1 unspecified atom stereocenters. The molecule has 1 rings (SSSR count). The van der Waals surface area contributed by atoms with Crippen LogP contribution in [-0.4, -0.2) is 34.9 Å². The average Bonchev–Trinajstić information content (AvgIpc) is 2.43. The van der Waals surface area contributed by atoms with E-state index in [0.717, 1.165) is 6.42 Å². The fraction of sp³-hybridized carbons (Fsp3) is 0.733. The van der Waals surface area contributed by atoms with Crippen molar-refractivity contribution in [3.8, 4) is 0 Å². The Balaban J connectivity index is 2.68. The van der Waals surface area contributed by atoms with Crippen molar-refractivity contribution in [1.82, 2.24) is 5.32 Å². The molecule has 0 heterocycles. The summed E-state index contributed by atoms with van der Waals surface area (Å²) in [5.74, 6) is -3.13. The molecule has 0 aliphatic heterocycles. The summed E-state index contributed by atoms with van der Waals surface area (Å²) in [5, 5.41) is 2.82. The second-order valence-corrected chi connectivity index (χ2v) is 6.37. The third-order valence-electron chi connectivity index (χ3n) is 3.69. The number of carbonyl (C=O) groups is 4. The number of rotatable bonds is 7. The van der Waals surface area contributed by atoms with Crippen LogP contribution in [0.25, 0.3) is 0 Å². The van der Waals surface area contributed by atoms with Crippen LogP contribution < -0.4 is 5.32 Å². The molecule has 1 atom stereocenters. The first-order chi connectivity index (χ1) is 9.94. The molecule has 1 aliphatic rings. The molecular formula is C15H23NO4S. The Labute approximate surface area is 129 Å². The number of hydrogen-bond donors (Lipinski definition) is 1. The molecule has 5 nitrogen and oxygen atoms in total. The van der Waals surface area contributed by atoms with Gasteiger partial charge in [-0.2, -0.15) is 0 Å². The van der Waals surface area contributed by atoms with E-state index in [0.29, 0.717) is 6.42 Å². The van der Waals surface area contributed by atoms with Gasteiger partial charge in [-0.25, -0.2) is 0 Å². The Bertz CT molecular complexity index is 413. The van der Waals surface area contributed by atoms with E-state index in [4.69, 9.17) is 0 Å². The van der Waals surface area contributed by atoms with E-state index in [1.165, 1.54) is 11.8 Å². The minimum absolute atomic E-state index is 0.0114. The van der Waals surface area contributed by atoms with Crippen molar-refractivity contribution in [2.24, 2.45) is 11.8 Å². The van der Waals surface area contributed by atoms with Crippen LogP contribution in [0.15, 0.2) is 0 Å². The second kappa shape index (κ2) is 8.32. The summed E-state index contributed by atoms with van der Waals surface area (Å²) in [7, 11) is 0. The van der Waals surface area contributed by atoms with Crippen LogP contribution in [0.4, 0.5) is 0 Å². The predicted molar refractivity (Wildman–Crippen MR) is 81.9 cm³/mol. The van der Waals surface area contributed by atoms with E-state index in [-0.39, 0.29) is 36.3 Å². The van der Waals surface area contributed by atoms with Gasteiger partial charge in [-0.3, -0.25) is 19.2 Å². The normalized spacial score (nSPS) is 23.8. The highest BCUT2D eigenvalue weighted by molar-refractivity contribution is 7.99. The second-order valence-electron chi connectivity index (χ2n) is 5.33. The van der Waals surface area contributed by atoms with Crippen LogP contribution in [0.5, 0.6) is 0 Å². The quantitative estimate of drug-likeness (QED) is 0.572. The van der Waals surface area contributed by atoms with Crippen molar-refractivity contribution >= 4 is 35.0 Å². The van der Waals surface area contributed by atoms with Crippen molar-refractivity contribution < 1.29 is 19.2 Å². The van der Waals surface area contributed by atoms with Gasteiger partial charge in [-0.15, -0.1) is 11.8 Å². The van der Waals surface area contributed by atoms with Gasteiger partial charge in [-0.05, 0) is 19.1 Å². The minimum atomic E-state index is -1.13. The standard InChI is InChI=1S/C15H23NO4S/c1-4-6-10(17)14-11(18)7-9(8-12(14)19)15(20)16-13(5-2)21-3/h9,13-14H,4-8H2,1-3H3,(H,16,20). The number of Topliss-reactive ketones (excluding diaryl/α,β-unsaturated/α-hetero) is 3. The lowest BCUT2D eigenvalue weighted by Gasteiger charge is -2.26. The summed E-state index contributed by atoms with van der Waals surface area (Å²) >= 11 is 1.52. The molecule has 0 aromatic rings. The van der Waals surface area contributed by atoms with Crippen LogP contribution in [0.2, 0.25) is 0 Å². The molecule has 6 heteroatoms. The zero-order valence-corrected chi connectivity index (χ0v) is 13.6. The van der Waals surface area contributed by atoms with Crippen LogP contribution in [0, 0.1) is 11.8 Å². The molecule has 1 N–H and O–H groups in total. The van der Waals surface area contributed by atoms with Gasteiger partial charge in [0.15, 0.2) is 17.3 Å². The molecule has 118 valence electrons. The number of carbonyl (C=O) groups excluding carboxylic acids is 4. The fourth-order valence-electron chi connectivity index (χ4n) is 2.51. The van der Waals surface area contributed by atoms with Crippen LogP contribution in [0.3, 0.4) is 0 Å². The first kappa shape index (κ1) is 17.9. The van der Waals surface area contributed by atoms with Crippen LogP contribution in [0.1, 0.15) is 46.0 Å². The molecule has 1 fully saturated rings. The average molecular weight is 313 g/mol. The Kier molecular flexibility index (Phi) is 7.08. The summed E-state index contributed by atoms with van der Waals surface area (Å²) < 4.78 is 0. The number of thioether (sulfide) groups is 1. The van der Waals surface area contributed by atoms with E-state index in [1.54, 1.807) is 0 Å². The lowest BCUT2D eigenvalue weighted by atomic mass is 9.77. The van der Waals surface area contributed by atoms with E-state index >= 15 is 0 Å². The van der Waals surface area contributed by atoms with Crippen molar-refractivity contribution in [2.45, 2.75) is 51.3 Å². The maximum atomic E-state index is 12.1. The molecule has 1 aliphatic carbocycles. The molecular weight excluding hydrogens is 290 g/mol. The third-order valence-corrected chi connectivity index (χ3v) is 4.71. The van der Waals surface area contributed by atoms with E-state index in [1.807, 2.05) is 20.1 Å². The van der Waals surface area contributed by atoms with Gasteiger partial charge in [-0.1, -0.05) is 13.8 Å². The number of nitrogens with one attached hydrogen (secondary N) is 1. The van der Waals surface area contributed by atoms with Gasteiger partial charge in [0.1, 0.15) is 5.92 Å². The summed E-state index contributed by atoms with van der Waals surface area (Å²) in [5.41, 5.74) is 0. The van der Waals surface area contributed by atoms with Gasteiger partial charge in [0, 0.05) is 19.3 Å². The van der Waals surface area contributed by atoms with Crippen molar-refractivity contribution in [3.05, 3.63) is 0 Å². The lowest BCUT2D eigenvalue weighted by molar-refractivity contribution is -0.147. The first-order valence-corrected chi connectivity index (χ1v) is 8.64. The predicted octanol–water partition coefficient (Wildman–Crippen LogP) is 1.74. The summed E-state index contributed by atoms with van der Waals surface area (Å²) in [6.45, 7) is 3.79. The zero-order chi connectivity index (χ0) is 16.0. The topological polar surface area (TPSA) is 80.3 Å². The summed E-state index contributed by atoms with van der Waals surface area (Å²) in [4.78, 5) is 48.0. The largest absolute Gasteiger partial charge is 0.344 e. The van der Waals surface area contributed by atoms with Crippen LogP contribution >= 0.6 is 11.8 Å². The maximum Gasteiger partial charge on any atom is 0.224 e. The summed E-state index contributed by atoms with van der Waals surface area (Å²) in [6.07, 6.45) is 3.50. The smallest absolute Gasteiger partial charge is 0.224 e. The Morgan fingerprint density at radius 2 is 1.81 bits per heavy atom. The Hall–Kier alpha value is -1.17. The number of ketones is 3. The molecule has 0 saturated heterocycles. The van der Waals surface area contributed by atoms with Gasteiger partial charge in [0.05, 0.1) is 11.3 Å². The van der Waals surface area contributed by atoms with Gasteiger partial charge >= 0.3 is 0 Å². The van der Waals surface area contributed by atoms with Crippen molar-refractivity contribution in [3.63, 3.8) is 0 Å². The van der Waals surface area contributed by atoms with E-state index < -0.39 is 23.4 Å². The third kappa shape index (κ3) is 4.66. The van der Waals surface area contributed by atoms with E-state index in [9.17, 15) is 19.2 Å². The molecule has 0 aromatic heterocycles. The van der Waals surface area contributed by atoms with Crippen molar-refractivity contribution in [1.29, 1.82) is 0 Å². The first-order valence-electron chi connectivity index (χ1n) is 7.35. The Morgan fingerprint density at radius 3 is 2.24 bits per heavy atom. The molecule has 1 saturated carbocycles. The molecule has 0 spiro atoms. The highest BCUT2D eigenvalue weighted by Gasteiger charge is 2.41. The lowest BCUT2D eigenvalue weighted by Crippen LogP contribution is -2.45. The molecule has 0 aromatic carbocycles. The molecule has 0 bridgehead atoms. The number of amides is 1. The summed E-state index contributed by atoms with van der Waals surface area (Å²) in [6, 6.07) is 0. The zero-order valence-electron chi connectivity index (χ0n) is 12.8. The molecule has 0 radical (unpaired) electrons. The van der Waals surface area contributed by atoms with Gasteiger partial charge in [0.2, 0.25) is 5.91 Å². The Morgan fingerprint density at radius 1 is 1.24 bits per heavy atom. The number of hydrogen-bond acceptors (Lipinski definition) is 5. The van der Waals surface area contributed by atoms with Crippen LogP contribution in [-0.2, 0) is 19.2 Å². The molecule has 21 heavy (non-hydrogen) atoms.